The van der Waals surface area contributed by atoms with Crippen molar-refractivity contribution in [3.63, 3.8) is 0 Å². The lowest BCUT2D eigenvalue weighted by Gasteiger charge is -2.05. The second-order valence-electron chi connectivity index (χ2n) is 2.00. The number of carboxylic acids is 1. The van der Waals surface area contributed by atoms with Gasteiger partial charge in [-0.05, 0) is 13.8 Å². The van der Waals surface area contributed by atoms with Crippen LogP contribution in [0.3, 0.4) is 0 Å². The summed E-state index contributed by atoms with van der Waals surface area (Å²) in [7, 11) is 0. The van der Waals surface area contributed by atoms with Crippen molar-refractivity contribution >= 4 is 11.9 Å². The zero-order valence-electron chi connectivity index (χ0n) is 7.57. The van der Waals surface area contributed by atoms with E-state index in [2.05, 4.69) is 4.74 Å². The molecule has 0 spiro atoms. The molecule has 0 unspecified atom stereocenters. The highest BCUT2D eigenvalue weighted by molar-refractivity contribution is 5.93. The number of aliphatic carboxylic acids is 1. The molecule has 5 nitrogen and oxygen atoms in total. The molecule has 5 heteroatoms. The average molecular weight is 188 g/mol. The maximum absolute atomic E-state index is 11.0. The number of hydrogen-bond acceptors (Lipinski definition) is 4. The van der Waals surface area contributed by atoms with Crippen molar-refractivity contribution in [2.45, 2.75) is 13.8 Å². The summed E-state index contributed by atoms with van der Waals surface area (Å²) in [6, 6.07) is 0. The third-order valence-electron chi connectivity index (χ3n) is 1.03. The molecule has 0 saturated carbocycles. The molecule has 0 aliphatic rings. The van der Waals surface area contributed by atoms with Crippen LogP contribution in [0.2, 0.25) is 0 Å². The minimum atomic E-state index is -1.24. The Balaban J connectivity index is 4.40. The maximum Gasteiger partial charge on any atom is 0.373 e. The first-order chi connectivity index (χ1) is 6.11. The molecule has 0 atom stereocenters. The highest BCUT2D eigenvalue weighted by Gasteiger charge is 2.12. The van der Waals surface area contributed by atoms with Crippen LogP contribution in [0.25, 0.3) is 0 Å². The second kappa shape index (κ2) is 6.05. The largest absolute Gasteiger partial charge is 0.487 e. The van der Waals surface area contributed by atoms with E-state index in [1.165, 1.54) is 0 Å². The number of rotatable bonds is 5. The molecule has 13 heavy (non-hydrogen) atoms. The molecule has 0 radical (unpaired) electrons. The molecule has 0 saturated heterocycles. The molecule has 0 aromatic heterocycles. The van der Waals surface area contributed by atoms with Crippen molar-refractivity contribution in [1.82, 2.24) is 0 Å². The fourth-order valence-corrected chi connectivity index (χ4v) is 0.629. The third-order valence-corrected chi connectivity index (χ3v) is 1.03. The van der Waals surface area contributed by atoms with Gasteiger partial charge in [-0.1, -0.05) is 0 Å². The van der Waals surface area contributed by atoms with E-state index in [1.807, 2.05) is 0 Å². The third kappa shape index (κ3) is 4.84. The van der Waals surface area contributed by atoms with Crippen molar-refractivity contribution in [2.75, 3.05) is 13.2 Å². The summed E-state index contributed by atoms with van der Waals surface area (Å²) in [5.41, 5.74) is 0. The lowest BCUT2D eigenvalue weighted by atomic mass is 10.4. The molecular weight excluding hydrogens is 176 g/mol. The Morgan fingerprint density at radius 3 is 2.15 bits per heavy atom. The zero-order valence-corrected chi connectivity index (χ0v) is 7.57. The SMILES string of the molecule is CCOC(=O)C(=CC(=O)O)OCC. The van der Waals surface area contributed by atoms with E-state index in [-0.39, 0.29) is 19.0 Å². The van der Waals surface area contributed by atoms with Crippen LogP contribution >= 0.6 is 0 Å². The van der Waals surface area contributed by atoms with Gasteiger partial charge in [0.25, 0.3) is 0 Å². The van der Waals surface area contributed by atoms with Gasteiger partial charge in [-0.25, -0.2) is 9.59 Å². The summed E-state index contributed by atoms with van der Waals surface area (Å²) in [6.07, 6.45) is 0.682. The Bertz CT molecular complexity index is 219. The summed E-state index contributed by atoms with van der Waals surface area (Å²) < 4.78 is 9.33. The fourth-order valence-electron chi connectivity index (χ4n) is 0.629. The smallest absolute Gasteiger partial charge is 0.373 e. The molecule has 0 bridgehead atoms. The van der Waals surface area contributed by atoms with Gasteiger partial charge < -0.3 is 14.6 Å². The number of carboxylic acid groups (broad SMARTS) is 1. The summed E-state index contributed by atoms with van der Waals surface area (Å²) in [6.45, 7) is 3.68. The monoisotopic (exact) mass is 188 g/mol. The minimum absolute atomic E-state index is 0.183. The molecule has 0 aromatic carbocycles. The summed E-state index contributed by atoms with van der Waals surface area (Å²) in [5.74, 6) is -2.28. The van der Waals surface area contributed by atoms with E-state index < -0.39 is 11.9 Å². The van der Waals surface area contributed by atoms with E-state index in [0.29, 0.717) is 6.08 Å². The van der Waals surface area contributed by atoms with Gasteiger partial charge in [-0.3, -0.25) is 0 Å². The Morgan fingerprint density at radius 1 is 1.23 bits per heavy atom. The van der Waals surface area contributed by atoms with Gasteiger partial charge in [-0.15, -0.1) is 0 Å². The number of esters is 1. The highest BCUT2D eigenvalue weighted by atomic mass is 16.6. The molecule has 0 amide bonds. The standard InChI is InChI=1S/C8H12O5/c1-3-12-6(5-7(9)10)8(11)13-4-2/h5H,3-4H2,1-2H3,(H,9,10). The van der Waals surface area contributed by atoms with E-state index in [0.717, 1.165) is 0 Å². The van der Waals surface area contributed by atoms with Crippen LogP contribution in [0.1, 0.15) is 13.8 Å². The van der Waals surface area contributed by atoms with E-state index in [9.17, 15) is 9.59 Å². The molecule has 0 aliphatic heterocycles. The lowest BCUT2D eigenvalue weighted by molar-refractivity contribution is -0.143. The van der Waals surface area contributed by atoms with E-state index in [1.54, 1.807) is 13.8 Å². The normalized spacial score (nSPS) is 10.8. The molecule has 1 N–H and O–H groups in total. The van der Waals surface area contributed by atoms with Gasteiger partial charge in [0.1, 0.15) is 0 Å². The van der Waals surface area contributed by atoms with Crippen molar-refractivity contribution in [3.05, 3.63) is 11.8 Å². The van der Waals surface area contributed by atoms with Gasteiger partial charge in [-0.2, -0.15) is 0 Å². The first-order valence-corrected chi connectivity index (χ1v) is 3.86. The molecule has 0 heterocycles. The minimum Gasteiger partial charge on any atom is -0.487 e. The Morgan fingerprint density at radius 2 is 1.77 bits per heavy atom. The number of ether oxygens (including phenoxy) is 2. The van der Waals surface area contributed by atoms with Crippen LogP contribution in [0.4, 0.5) is 0 Å². The topological polar surface area (TPSA) is 72.8 Å². The number of carbonyl (C=O) groups excluding carboxylic acids is 1. The lowest BCUT2D eigenvalue weighted by Crippen LogP contribution is -2.12. The quantitative estimate of drug-likeness (QED) is 0.387. The first kappa shape index (κ1) is 11.5. The van der Waals surface area contributed by atoms with Crippen LogP contribution in [0, 0.1) is 0 Å². The van der Waals surface area contributed by atoms with Gasteiger partial charge in [0, 0.05) is 0 Å². The predicted octanol–water partition coefficient (Wildman–Crippen LogP) is 0.555. The first-order valence-electron chi connectivity index (χ1n) is 3.86. The van der Waals surface area contributed by atoms with E-state index >= 15 is 0 Å². The maximum atomic E-state index is 11.0. The zero-order chi connectivity index (χ0) is 10.3. The van der Waals surface area contributed by atoms with Gasteiger partial charge >= 0.3 is 11.9 Å². The average Bonchev–Trinajstić information content (AvgIpc) is 2.03. The van der Waals surface area contributed by atoms with Crippen LogP contribution in [0.15, 0.2) is 11.8 Å². The fraction of sp³-hybridized carbons (Fsp3) is 0.500. The number of hydrogen-bond donors (Lipinski definition) is 1. The van der Waals surface area contributed by atoms with Gasteiger partial charge in [0.05, 0.1) is 19.3 Å². The van der Waals surface area contributed by atoms with Crippen molar-refractivity contribution in [3.8, 4) is 0 Å². The Kier molecular flexibility index (Phi) is 5.34. The van der Waals surface area contributed by atoms with Crippen LogP contribution in [-0.4, -0.2) is 30.3 Å². The predicted molar refractivity (Wildman–Crippen MR) is 44.0 cm³/mol. The summed E-state index contributed by atoms with van der Waals surface area (Å²) >= 11 is 0. The summed E-state index contributed by atoms with van der Waals surface area (Å²) in [5, 5.41) is 8.36. The molecule has 74 valence electrons. The van der Waals surface area contributed by atoms with Crippen LogP contribution < -0.4 is 0 Å². The van der Waals surface area contributed by atoms with Gasteiger partial charge in [0.2, 0.25) is 5.76 Å². The van der Waals surface area contributed by atoms with Gasteiger partial charge in [0.15, 0.2) is 0 Å². The molecule has 0 fully saturated rings. The Hall–Kier alpha value is -1.52. The number of carbonyl (C=O) groups is 2. The molecule has 0 aliphatic carbocycles. The molecule has 0 aromatic rings. The van der Waals surface area contributed by atoms with Crippen molar-refractivity contribution in [2.24, 2.45) is 0 Å². The molecule has 0 rings (SSSR count). The van der Waals surface area contributed by atoms with Crippen molar-refractivity contribution in [1.29, 1.82) is 0 Å². The van der Waals surface area contributed by atoms with E-state index in [4.69, 9.17) is 9.84 Å². The van der Waals surface area contributed by atoms with Crippen LogP contribution in [-0.2, 0) is 19.1 Å². The summed E-state index contributed by atoms with van der Waals surface area (Å²) in [4.78, 5) is 21.2. The Labute approximate surface area is 75.9 Å². The second-order valence-corrected chi connectivity index (χ2v) is 2.00. The highest BCUT2D eigenvalue weighted by Crippen LogP contribution is 2.00. The van der Waals surface area contributed by atoms with Crippen molar-refractivity contribution < 1.29 is 24.2 Å². The van der Waals surface area contributed by atoms with Crippen LogP contribution in [0.5, 0.6) is 0 Å². The molecular formula is C8H12O5.